The lowest BCUT2D eigenvalue weighted by atomic mass is 10.0. The number of hydrogen-bond donors (Lipinski definition) is 0. The van der Waals surface area contributed by atoms with Gasteiger partial charge in [0, 0.05) is 23.9 Å². The highest BCUT2D eigenvalue weighted by Gasteiger charge is 2.30. The van der Waals surface area contributed by atoms with Gasteiger partial charge < -0.3 is 9.47 Å². The summed E-state index contributed by atoms with van der Waals surface area (Å²) < 4.78 is 10.9. The van der Waals surface area contributed by atoms with Crippen LogP contribution in [0.15, 0.2) is 18.2 Å². The number of nitro benzene ring substituents is 1. The number of ether oxygens (including phenoxy) is 2. The average Bonchev–Trinajstić information content (AvgIpc) is 2.36. The molecule has 0 aliphatic carbocycles. The zero-order chi connectivity index (χ0) is 15.6. The van der Waals surface area contributed by atoms with Crippen LogP contribution >= 0.6 is 11.6 Å². The van der Waals surface area contributed by atoms with E-state index in [0.717, 1.165) is 0 Å². The normalized spacial score (nSPS) is 25.4. The second-order valence-electron chi connectivity index (χ2n) is 5.17. The molecule has 0 radical (unpaired) electrons. The smallest absolute Gasteiger partial charge is 0.345 e. The largest absolute Gasteiger partial charge is 0.458 e. The Morgan fingerprint density at radius 3 is 2.57 bits per heavy atom. The second-order valence-corrected chi connectivity index (χ2v) is 5.61. The van der Waals surface area contributed by atoms with Gasteiger partial charge in [0.25, 0.3) is 5.69 Å². The number of carbonyl (C=O) groups is 1. The average molecular weight is 314 g/mol. The minimum absolute atomic E-state index is 0.0131. The molecule has 0 saturated carbocycles. The number of rotatable bonds is 3. The summed E-state index contributed by atoms with van der Waals surface area (Å²) in [6.07, 6.45) is 0.811. The second kappa shape index (κ2) is 6.41. The van der Waals surface area contributed by atoms with Gasteiger partial charge in [-0.15, -0.1) is 0 Å². The Hall–Kier alpha value is -1.66. The van der Waals surface area contributed by atoms with Crippen LogP contribution in [0.2, 0.25) is 5.02 Å². The third-order valence-electron chi connectivity index (χ3n) is 3.30. The van der Waals surface area contributed by atoms with Crippen molar-refractivity contribution in [2.45, 2.75) is 45.0 Å². The number of benzene rings is 1. The summed E-state index contributed by atoms with van der Waals surface area (Å²) in [7, 11) is 0. The molecule has 0 aromatic heterocycles. The van der Waals surface area contributed by atoms with Crippen molar-refractivity contribution in [2.75, 3.05) is 0 Å². The minimum Gasteiger partial charge on any atom is -0.458 e. The maximum Gasteiger partial charge on any atom is 0.345 e. The highest BCUT2D eigenvalue weighted by atomic mass is 35.5. The van der Waals surface area contributed by atoms with Gasteiger partial charge >= 0.3 is 5.97 Å². The Bertz CT molecular complexity index is 552. The summed E-state index contributed by atoms with van der Waals surface area (Å²) in [5.74, 6) is -0.726. The van der Waals surface area contributed by atoms with Crippen LogP contribution in [0.5, 0.6) is 0 Å². The molecule has 1 aromatic rings. The molecule has 6 nitrogen and oxygen atoms in total. The summed E-state index contributed by atoms with van der Waals surface area (Å²) in [4.78, 5) is 22.5. The molecule has 0 amide bonds. The molecule has 2 atom stereocenters. The minimum atomic E-state index is -0.726. The molecule has 1 heterocycles. The molecule has 0 spiro atoms. The summed E-state index contributed by atoms with van der Waals surface area (Å²) in [6.45, 7) is 3.80. The van der Waals surface area contributed by atoms with Crippen LogP contribution in [0.3, 0.4) is 0 Å². The van der Waals surface area contributed by atoms with Gasteiger partial charge in [0.15, 0.2) is 0 Å². The van der Waals surface area contributed by atoms with Gasteiger partial charge in [0.2, 0.25) is 0 Å². The molecule has 2 rings (SSSR count). The molecular weight excluding hydrogens is 298 g/mol. The number of hydrogen-bond acceptors (Lipinski definition) is 5. The van der Waals surface area contributed by atoms with Crippen molar-refractivity contribution in [2.24, 2.45) is 0 Å². The first-order chi connectivity index (χ1) is 9.86. The van der Waals surface area contributed by atoms with Crippen molar-refractivity contribution < 1.29 is 19.2 Å². The Kier molecular flexibility index (Phi) is 4.80. The molecule has 1 aliphatic heterocycles. The van der Waals surface area contributed by atoms with Gasteiger partial charge in [-0.25, -0.2) is 4.79 Å². The first-order valence-electron chi connectivity index (χ1n) is 6.67. The lowest BCUT2D eigenvalue weighted by Gasteiger charge is -2.31. The first kappa shape index (κ1) is 15.7. The van der Waals surface area contributed by atoms with E-state index in [9.17, 15) is 14.9 Å². The Morgan fingerprint density at radius 2 is 2.00 bits per heavy atom. The van der Waals surface area contributed by atoms with Crippen LogP contribution in [0.25, 0.3) is 0 Å². The van der Waals surface area contributed by atoms with Gasteiger partial charge in [0.05, 0.1) is 17.1 Å². The van der Waals surface area contributed by atoms with Crippen molar-refractivity contribution >= 4 is 23.3 Å². The molecule has 1 fully saturated rings. The topological polar surface area (TPSA) is 78.7 Å². The lowest BCUT2D eigenvalue weighted by Crippen LogP contribution is -2.35. The van der Waals surface area contributed by atoms with Crippen molar-refractivity contribution in [3.05, 3.63) is 38.9 Å². The SMILES string of the molecule is CC1CC(OC(=O)c2cc(Cl)ccc2[N+](=O)[O-])CC(C)O1. The molecule has 7 heteroatoms. The van der Waals surface area contributed by atoms with Crippen LogP contribution in [-0.2, 0) is 9.47 Å². The van der Waals surface area contributed by atoms with E-state index in [4.69, 9.17) is 21.1 Å². The van der Waals surface area contributed by atoms with E-state index < -0.39 is 10.9 Å². The van der Waals surface area contributed by atoms with Crippen LogP contribution in [0.1, 0.15) is 37.0 Å². The monoisotopic (exact) mass is 313 g/mol. The molecule has 114 valence electrons. The van der Waals surface area contributed by atoms with Crippen LogP contribution in [-0.4, -0.2) is 29.2 Å². The molecule has 0 N–H and O–H groups in total. The van der Waals surface area contributed by atoms with E-state index in [1.165, 1.54) is 18.2 Å². The number of nitro groups is 1. The Morgan fingerprint density at radius 1 is 1.38 bits per heavy atom. The van der Waals surface area contributed by atoms with Crippen LogP contribution < -0.4 is 0 Å². The van der Waals surface area contributed by atoms with Crippen molar-refractivity contribution in [1.29, 1.82) is 0 Å². The Balaban J connectivity index is 2.16. The van der Waals surface area contributed by atoms with Crippen molar-refractivity contribution in [3.8, 4) is 0 Å². The molecule has 2 unspecified atom stereocenters. The van der Waals surface area contributed by atoms with Crippen LogP contribution in [0.4, 0.5) is 5.69 Å². The first-order valence-corrected chi connectivity index (χ1v) is 7.05. The number of carbonyl (C=O) groups excluding carboxylic acids is 1. The molecule has 21 heavy (non-hydrogen) atoms. The zero-order valence-corrected chi connectivity index (χ0v) is 12.5. The predicted octanol–water partition coefficient (Wildman–Crippen LogP) is 3.36. The van der Waals surface area contributed by atoms with Gasteiger partial charge in [-0.1, -0.05) is 11.6 Å². The lowest BCUT2D eigenvalue weighted by molar-refractivity contribution is -0.385. The standard InChI is InChI=1S/C14H16ClNO5/c1-8-5-11(6-9(2)20-8)21-14(17)12-7-10(15)3-4-13(12)16(18)19/h3-4,7-9,11H,5-6H2,1-2H3. The maximum absolute atomic E-state index is 12.2. The van der Waals surface area contributed by atoms with E-state index >= 15 is 0 Å². The summed E-state index contributed by atoms with van der Waals surface area (Å²) in [5, 5.41) is 11.2. The van der Waals surface area contributed by atoms with E-state index in [1.54, 1.807) is 0 Å². The highest BCUT2D eigenvalue weighted by molar-refractivity contribution is 6.31. The molecule has 1 saturated heterocycles. The fourth-order valence-electron chi connectivity index (χ4n) is 2.49. The van der Waals surface area contributed by atoms with Crippen molar-refractivity contribution in [1.82, 2.24) is 0 Å². The summed E-state index contributed by atoms with van der Waals surface area (Å²) >= 11 is 5.80. The fourth-order valence-corrected chi connectivity index (χ4v) is 2.66. The van der Waals surface area contributed by atoms with Gasteiger partial charge in [0.1, 0.15) is 11.7 Å². The zero-order valence-electron chi connectivity index (χ0n) is 11.7. The number of halogens is 1. The summed E-state index contributed by atoms with van der Waals surface area (Å²) in [5.41, 5.74) is -0.433. The van der Waals surface area contributed by atoms with Crippen LogP contribution in [0, 0.1) is 10.1 Å². The number of esters is 1. The van der Waals surface area contributed by atoms with E-state index in [1.807, 2.05) is 13.8 Å². The predicted molar refractivity (Wildman–Crippen MR) is 76.6 cm³/mol. The molecule has 1 aliphatic rings. The van der Waals surface area contributed by atoms with Crippen molar-refractivity contribution in [3.63, 3.8) is 0 Å². The third-order valence-corrected chi connectivity index (χ3v) is 3.54. The highest BCUT2D eigenvalue weighted by Crippen LogP contribution is 2.27. The maximum atomic E-state index is 12.2. The molecule has 0 bridgehead atoms. The van der Waals surface area contributed by atoms with Gasteiger partial charge in [-0.2, -0.15) is 0 Å². The van der Waals surface area contributed by atoms with E-state index in [-0.39, 0.29) is 34.6 Å². The van der Waals surface area contributed by atoms with Gasteiger partial charge in [-0.3, -0.25) is 10.1 Å². The summed E-state index contributed by atoms with van der Waals surface area (Å²) in [6, 6.07) is 3.83. The van der Waals surface area contributed by atoms with E-state index in [2.05, 4.69) is 0 Å². The quantitative estimate of drug-likeness (QED) is 0.485. The number of nitrogens with zero attached hydrogens (tertiary/aromatic N) is 1. The van der Waals surface area contributed by atoms with Gasteiger partial charge in [-0.05, 0) is 26.0 Å². The van der Waals surface area contributed by atoms with E-state index in [0.29, 0.717) is 12.8 Å². The third kappa shape index (κ3) is 3.92. The Labute approximate surface area is 127 Å². The molecule has 1 aromatic carbocycles. The fraction of sp³-hybridized carbons (Fsp3) is 0.500. The molecular formula is C14H16ClNO5.